The maximum absolute atomic E-state index is 12.4. The molecule has 9 heteroatoms. The third kappa shape index (κ3) is 6.11. The summed E-state index contributed by atoms with van der Waals surface area (Å²) in [6, 6.07) is 21.7. The zero-order valence-electron chi connectivity index (χ0n) is 17.7. The van der Waals surface area contributed by atoms with Crippen molar-refractivity contribution in [1.82, 2.24) is 4.98 Å². The van der Waals surface area contributed by atoms with E-state index < -0.39 is 11.9 Å². The highest BCUT2D eigenvalue weighted by Crippen LogP contribution is 2.26. The average Bonchev–Trinajstić information content (AvgIpc) is 3.26. The molecule has 8 nitrogen and oxygen atoms in total. The number of fused-ring (bicyclic) bond motifs is 1. The third-order valence-electron chi connectivity index (χ3n) is 4.56. The highest BCUT2D eigenvalue weighted by atomic mass is 32.2. The molecule has 0 aliphatic carbocycles. The SMILES string of the molecule is O=C(O)/C=C/C(=O)Nc1cccc(SCC(=O)Nc2ccc(-c3nc4ccccc4o3)cc2)c1. The Labute approximate surface area is 198 Å². The predicted octanol–water partition coefficient (Wildman–Crippen LogP) is 4.80. The number of benzene rings is 3. The molecule has 0 unspecified atom stereocenters. The van der Waals surface area contributed by atoms with Crippen molar-refractivity contribution in [1.29, 1.82) is 0 Å². The van der Waals surface area contributed by atoms with Gasteiger partial charge in [0.2, 0.25) is 17.7 Å². The monoisotopic (exact) mass is 473 g/mol. The second-order valence-corrected chi connectivity index (χ2v) is 8.14. The van der Waals surface area contributed by atoms with Gasteiger partial charge in [-0.25, -0.2) is 9.78 Å². The zero-order chi connectivity index (χ0) is 23.9. The van der Waals surface area contributed by atoms with Gasteiger partial charge in [0.1, 0.15) is 5.52 Å². The van der Waals surface area contributed by atoms with Crippen molar-refractivity contribution in [3.63, 3.8) is 0 Å². The van der Waals surface area contributed by atoms with Crippen LogP contribution in [0.15, 0.2) is 94.3 Å². The van der Waals surface area contributed by atoms with E-state index in [9.17, 15) is 14.4 Å². The number of aliphatic carboxylic acids is 1. The van der Waals surface area contributed by atoms with Gasteiger partial charge in [-0.3, -0.25) is 9.59 Å². The minimum atomic E-state index is -1.20. The first-order chi connectivity index (χ1) is 16.5. The molecule has 2 amide bonds. The summed E-state index contributed by atoms with van der Waals surface area (Å²) in [5.41, 5.74) is 3.46. The number of anilines is 2. The number of carbonyl (C=O) groups is 3. The van der Waals surface area contributed by atoms with Gasteiger partial charge >= 0.3 is 5.97 Å². The van der Waals surface area contributed by atoms with Crippen LogP contribution in [-0.4, -0.2) is 33.6 Å². The molecule has 3 N–H and O–H groups in total. The molecule has 3 aromatic carbocycles. The summed E-state index contributed by atoms with van der Waals surface area (Å²) in [6.07, 6.45) is 1.70. The van der Waals surface area contributed by atoms with Gasteiger partial charge in [-0.15, -0.1) is 11.8 Å². The fourth-order valence-electron chi connectivity index (χ4n) is 3.03. The molecule has 4 aromatic rings. The molecular formula is C25H19N3O5S. The summed E-state index contributed by atoms with van der Waals surface area (Å²) in [6.45, 7) is 0. The van der Waals surface area contributed by atoms with E-state index in [1.54, 1.807) is 30.3 Å². The summed E-state index contributed by atoms with van der Waals surface area (Å²) < 4.78 is 5.76. The molecule has 0 atom stereocenters. The second kappa shape index (κ2) is 10.5. The molecule has 0 aliphatic rings. The number of nitrogens with zero attached hydrogens (tertiary/aromatic N) is 1. The Morgan fingerprint density at radius 2 is 1.71 bits per heavy atom. The van der Waals surface area contributed by atoms with Gasteiger partial charge in [0.25, 0.3) is 0 Å². The van der Waals surface area contributed by atoms with Gasteiger partial charge in [-0.2, -0.15) is 0 Å². The van der Waals surface area contributed by atoms with Crippen molar-refractivity contribution in [3.05, 3.63) is 84.9 Å². The number of rotatable bonds is 8. The highest BCUT2D eigenvalue weighted by Gasteiger charge is 2.09. The van der Waals surface area contributed by atoms with Crippen LogP contribution in [0, 0.1) is 0 Å². The quantitative estimate of drug-likeness (QED) is 0.248. The lowest BCUT2D eigenvalue weighted by molar-refractivity contribution is -0.131. The molecule has 170 valence electrons. The number of amides is 2. The van der Waals surface area contributed by atoms with E-state index in [1.165, 1.54) is 11.8 Å². The molecule has 1 aromatic heterocycles. The lowest BCUT2D eigenvalue weighted by atomic mass is 10.2. The largest absolute Gasteiger partial charge is 0.478 e. The Balaban J connectivity index is 1.31. The van der Waals surface area contributed by atoms with Crippen LogP contribution in [0.25, 0.3) is 22.6 Å². The fourth-order valence-corrected chi connectivity index (χ4v) is 3.79. The third-order valence-corrected chi connectivity index (χ3v) is 5.55. The highest BCUT2D eigenvalue weighted by molar-refractivity contribution is 8.00. The Bertz CT molecular complexity index is 1350. The number of hydrogen-bond donors (Lipinski definition) is 3. The number of carboxylic acids is 1. The molecule has 0 bridgehead atoms. The number of thioether (sulfide) groups is 1. The number of para-hydroxylation sites is 2. The van der Waals surface area contributed by atoms with Gasteiger partial charge < -0.3 is 20.2 Å². The predicted molar refractivity (Wildman–Crippen MR) is 131 cm³/mol. The molecular weight excluding hydrogens is 454 g/mol. The Morgan fingerprint density at radius 3 is 2.47 bits per heavy atom. The summed E-state index contributed by atoms with van der Waals surface area (Å²) in [7, 11) is 0. The molecule has 4 rings (SSSR count). The van der Waals surface area contributed by atoms with Crippen LogP contribution < -0.4 is 10.6 Å². The molecule has 0 aliphatic heterocycles. The number of aromatic nitrogens is 1. The minimum absolute atomic E-state index is 0.170. The molecule has 0 spiro atoms. The lowest BCUT2D eigenvalue weighted by Gasteiger charge is -2.07. The van der Waals surface area contributed by atoms with Crippen molar-refractivity contribution in [3.8, 4) is 11.5 Å². The van der Waals surface area contributed by atoms with Crippen LogP contribution in [0.2, 0.25) is 0 Å². The molecule has 0 radical (unpaired) electrons. The van der Waals surface area contributed by atoms with Crippen molar-refractivity contribution in [2.75, 3.05) is 16.4 Å². The number of hydrogen-bond acceptors (Lipinski definition) is 6. The van der Waals surface area contributed by atoms with Crippen molar-refractivity contribution >= 4 is 52.0 Å². The van der Waals surface area contributed by atoms with Gasteiger partial charge in [-0.05, 0) is 54.6 Å². The number of carboxylic acid groups (broad SMARTS) is 1. The topological polar surface area (TPSA) is 122 Å². The van der Waals surface area contributed by atoms with E-state index in [4.69, 9.17) is 9.52 Å². The number of oxazole rings is 1. The molecule has 0 saturated heterocycles. The summed E-state index contributed by atoms with van der Waals surface area (Å²) in [4.78, 5) is 39.8. The van der Waals surface area contributed by atoms with Gasteiger partial charge in [0, 0.05) is 34.0 Å². The Kier molecular flexibility index (Phi) is 7.04. The molecule has 34 heavy (non-hydrogen) atoms. The Hall–Kier alpha value is -4.37. The molecule has 0 fully saturated rings. The fraction of sp³-hybridized carbons (Fsp3) is 0.0400. The van der Waals surface area contributed by atoms with Crippen molar-refractivity contribution in [2.45, 2.75) is 4.90 Å². The smallest absolute Gasteiger partial charge is 0.328 e. The standard InChI is InChI=1S/C25H19N3O5S/c29-22(12-13-24(31)32)27-18-4-3-5-19(14-18)34-15-23(30)26-17-10-8-16(9-11-17)25-28-20-6-1-2-7-21(20)33-25/h1-14H,15H2,(H,26,30)(H,27,29)(H,31,32)/b13-12+. The summed E-state index contributed by atoms with van der Waals surface area (Å²) in [5.74, 6) is -1.25. The van der Waals surface area contributed by atoms with E-state index in [-0.39, 0.29) is 11.7 Å². The van der Waals surface area contributed by atoms with Crippen LogP contribution >= 0.6 is 11.8 Å². The van der Waals surface area contributed by atoms with Crippen molar-refractivity contribution in [2.24, 2.45) is 0 Å². The first kappa shape index (κ1) is 22.8. The van der Waals surface area contributed by atoms with E-state index in [0.29, 0.717) is 22.8 Å². The van der Waals surface area contributed by atoms with E-state index in [2.05, 4.69) is 15.6 Å². The summed E-state index contributed by atoms with van der Waals surface area (Å²) in [5, 5.41) is 14.0. The zero-order valence-corrected chi connectivity index (χ0v) is 18.5. The van der Waals surface area contributed by atoms with Crippen LogP contribution in [-0.2, 0) is 14.4 Å². The van der Waals surface area contributed by atoms with Crippen LogP contribution in [0.3, 0.4) is 0 Å². The van der Waals surface area contributed by atoms with E-state index >= 15 is 0 Å². The maximum atomic E-state index is 12.4. The minimum Gasteiger partial charge on any atom is -0.478 e. The Morgan fingerprint density at radius 1 is 0.912 bits per heavy atom. The first-order valence-corrected chi connectivity index (χ1v) is 11.2. The lowest BCUT2D eigenvalue weighted by Crippen LogP contribution is -2.14. The maximum Gasteiger partial charge on any atom is 0.328 e. The van der Waals surface area contributed by atoms with Crippen LogP contribution in [0.1, 0.15) is 0 Å². The van der Waals surface area contributed by atoms with Gasteiger partial charge in [0.05, 0.1) is 5.75 Å². The molecule has 0 saturated carbocycles. The van der Waals surface area contributed by atoms with E-state index in [0.717, 1.165) is 28.1 Å². The molecule has 1 heterocycles. The van der Waals surface area contributed by atoms with Gasteiger partial charge in [-0.1, -0.05) is 18.2 Å². The summed E-state index contributed by atoms with van der Waals surface area (Å²) >= 11 is 1.31. The average molecular weight is 474 g/mol. The first-order valence-electron chi connectivity index (χ1n) is 10.2. The van der Waals surface area contributed by atoms with Gasteiger partial charge in [0.15, 0.2) is 5.58 Å². The van der Waals surface area contributed by atoms with E-state index in [1.807, 2.05) is 42.5 Å². The normalized spacial score (nSPS) is 10.9. The number of nitrogens with one attached hydrogen (secondary N) is 2. The number of carbonyl (C=O) groups excluding carboxylic acids is 2. The van der Waals surface area contributed by atoms with Crippen LogP contribution in [0.4, 0.5) is 11.4 Å². The van der Waals surface area contributed by atoms with Crippen molar-refractivity contribution < 1.29 is 23.9 Å². The second-order valence-electron chi connectivity index (χ2n) is 7.09. The van der Waals surface area contributed by atoms with Crippen LogP contribution in [0.5, 0.6) is 0 Å².